The molecule has 0 spiro atoms. The zero-order valence-electron chi connectivity index (χ0n) is 15.7. The van der Waals surface area contributed by atoms with E-state index in [1.165, 1.54) is 16.8 Å². The van der Waals surface area contributed by atoms with Gasteiger partial charge in [0.25, 0.3) is 5.95 Å². The second kappa shape index (κ2) is 6.87. The molecule has 142 valence electrons. The molecule has 0 fully saturated rings. The SMILES string of the molecule is CC(C)(C)OC(=O)N(C(=O)OC(C)(C)C)c1nc2ccnc(CO)n2n1. The average Bonchev–Trinajstić information content (AvgIpc) is 2.86. The van der Waals surface area contributed by atoms with Crippen LogP contribution in [0, 0.1) is 0 Å². The van der Waals surface area contributed by atoms with E-state index in [1.54, 1.807) is 41.5 Å². The molecule has 1 N–H and O–H groups in total. The van der Waals surface area contributed by atoms with Gasteiger partial charge in [0, 0.05) is 12.3 Å². The van der Waals surface area contributed by atoms with E-state index >= 15 is 0 Å². The van der Waals surface area contributed by atoms with Crippen LogP contribution in [0.5, 0.6) is 0 Å². The standard InChI is InChI=1S/C16H23N5O5/c1-15(2,3)25-13(23)20(14(24)26-16(4,5)6)12-18-10-7-8-17-11(9-22)21(10)19-12/h7-8,22H,9H2,1-6H3. The minimum atomic E-state index is -0.971. The molecule has 0 aliphatic carbocycles. The molecule has 10 nitrogen and oxygen atoms in total. The van der Waals surface area contributed by atoms with Gasteiger partial charge >= 0.3 is 12.2 Å². The molecule has 0 unspecified atom stereocenters. The molecule has 2 aromatic rings. The maximum absolute atomic E-state index is 12.6. The molecule has 2 heterocycles. The highest BCUT2D eigenvalue weighted by Crippen LogP contribution is 2.20. The number of amides is 2. The summed E-state index contributed by atoms with van der Waals surface area (Å²) in [5.74, 6) is -0.0363. The Bertz CT molecular complexity index is 791. The molecule has 0 saturated carbocycles. The van der Waals surface area contributed by atoms with Crippen LogP contribution in [0.15, 0.2) is 12.3 Å². The lowest BCUT2D eigenvalue weighted by Gasteiger charge is -2.26. The number of carbonyl (C=O) groups is 2. The molecule has 0 aliphatic heterocycles. The summed E-state index contributed by atoms with van der Waals surface area (Å²) >= 11 is 0. The van der Waals surface area contributed by atoms with Crippen molar-refractivity contribution >= 4 is 23.8 Å². The highest BCUT2D eigenvalue weighted by atomic mass is 16.6. The molecule has 0 saturated heterocycles. The predicted octanol–water partition coefficient (Wildman–Crippen LogP) is 2.29. The smallest absolute Gasteiger partial charge is 0.427 e. The highest BCUT2D eigenvalue weighted by molar-refractivity contribution is 6.08. The maximum atomic E-state index is 12.6. The van der Waals surface area contributed by atoms with Crippen molar-refractivity contribution in [2.75, 3.05) is 4.90 Å². The molecule has 0 bridgehead atoms. The van der Waals surface area contributed by atoms with Crippen molar-refractivity contribution in [2.45, 2.75) is 59.4 Å². The Hall–Kier alpha value is -2.75. The Morgan fingerprint density at radius 1 is 1.12 bits per heavy atom. The van der Waals surface area contributed by atoms with Crippen molar-refractivity contribution in [3.63, 3.8) is 0 Å². The van der Waals surface area contributed by atoms with E-state index in [2.05, 4.69) is 15.1 Å². The van der Waals surface area contributed by atoms with Gasteiger partial charge in [-0.05, 0) is 41.5 Å². The third-order valence-corrected chi connectivity index (χ3v) is 2.81. The van der Waals surface area contributed by atoms with E-state index in [9.17, 15) is 14.7 Å². The summed E-state index contributed by atoms with van der Waals surface area (Å²) < 4.78 is 11.8. The van der Waals surface area contributed by atoms with Crippen LogP contribution in [0.25, 0.3) is 5.65 Å². The number of anilines is 1. The van der Waals surface area contributed by atoms with Crippen LogP contribution in [-0.2, 0) is 16.1 Å². The fraction of sp³-hybridized carbons (Fsp3) is 0.562. The number of aliphatic hydroxyl groups excluding tert-OH is 1. The van der Waals surface area contributed by atoms with Crippen molar-refractivity contribution in [1.82, 2.24) is 19.6 Å². The zero-order chi connectivity index (χ0) is 19.7. The van der Waals surface area contributed by atoms with E-state index < -0.39 is 23.4 Å². The number of hydrogen-bond donors (Lipinski definition) is 1. The summed E-state index contributed by atoms with van der Waals surface area (Å²) in [4.78, 5) is 33.9. The first-order valence-corrected chi connectivity index (χ1v) is 7.99. The number of fused-ring (bicyclic) bond motifs is 1. The molecule has 2 aromatic heterocycles. The number of ether oxygens (including phenoxy) is 2. The van der Waals surface area contributed by atoms with Crippen LogP contribution < -0.4 is 4.90 Å². The maximum Gasteiger partial charge on any atom is 0.427 e. The number of rotatable bonds is 2. The van der Waals surface area contributed by atoms with Crippen LogP contribution in [0.2, 0.25) is 0 Å². The van der Waals surface area contributed by atoms with Gasteiger partial charge in [-0.1, -0.05) is 0 Å². The van der Waals surface area contributed by atoms with Gasteiger partial charge in [-0.15, -0.1) is 10.00 Å². The lowest BCUT2D eigenvalue weighted by Crippen LogP contribution is -2.44. The van der Waals surface area contributed by atoms with Crippen LogP contribution in [0.4, 0.5) is 15.5 Å². The van der Waals surface area contributed by atoms with E-state index in [1.807, 2.05) is 0 Å². The van der Waals surface area contributed by atoms with Crippen LogP contribution in [-0.4, -0.2) is 48.1 Å². The molecule has 2 rings (SSSR count). The topological polar surface area (TPSA) is 119 Å². The number of imide groups is 1. The first-order chi connectivity index (χ1) is 11.9. The number of hydrogen-bond acceptors (Lipinski definition) is 8. The van der Waals surface area contributed by atoms with Crippen molar-refractivity contribution in [3.05, 3.63) is 18.1 Å². The van der Waals surface area contributed by atoms with Gasteiger partial charge in [0.15, 0.2) is 11.5 Å². The summed E-state index contributed by atoms with van der Waals surface area (Å²) in [5, 5.41) is 13.5. The lowest BCUT2D eigenvalue weighted by molar-refractivity contribution is 0.0427. The fourth-order valence-electron chi connectivity index (χ4n) is 1.91. The van der Waals surface area contributed by atoms with Crippen LogP contribution in [0.3, 0.4) is 0 Å². The van der Waals surface area contributed by atoms with Crippen molar-refractivity contribution in [2.24, 2.45) is 0 Å². The van der Waals surface area contributed by atoms with Gasteiger partial charge in [0.1, 0.15) is 17.8 Å². The molecule has 2 amide bonds. The van der Waals surface area contributed by atoms with Crippen LogP contribution >= 0.6 is 0 Å². The highest BCUT2D eigenvalue weighted by Gasteiger charge is 2.35. The second-order valence-electron chi connectivity index (χ2n) is 7.50. The minimum absolute atomic E-state index is 0.203. The molecule has 0 aliphatic rings. The van der Waals surface area contributed by atoms with Crippen molar-refractivity contribution in [3.8, 4) is 0 Å². The van der Waals surface area contributed by atoms with E-state index in [0.717, 1.165) is 0 Å². The Labute approximate surface area is 150 Å². The third-order valence-electron chi connectivity index (χ3n) is 2.81. The first-order valence-electron chi connectivity index (χ1n) is 7.99. The number of carbonyl (C=O) groups excluding carboxylic acids is 2. The number of aliphatic hydroxyl groups is 1. The van der Waals surface area contributed by atoms with E-state index in [-0.39, 0.29) is 18.4 Å². The predicted molar refractivity (Wildman–Crippen MR) is 91.7 cm³/mol. The molecule has 26 heavy (non-hydrogen) atoms. The van der Waals surface area contributed by atoms with Gasteiger partial charge in [-0.3, -0.25) is 0 Å². The molecular weight excluding hydrogens is 342 g/mol. The van der Waals surface area contributed by atoms with Crippen molar-refractivity contribution in [1.29, 1.82) is 0 Å². The van der Waals surface area contributed by atoms with Gasteiger partial charge in [0.2, 0.25) is 0 Å². The Morgan fingerprint density at radius 3 is 2.12 bits per heavy atom. The van der Waals surface area contributed by atoms with Crippen molar-refractivity contribution < 1.29 is 24.2 Å². The Morgan fingerprint density at radius 2 is 1.65 bits per heavy atom. The molecular formula is C16H23N5O5. The fourth-order valence-corrected chi connectivity index (χ4v) is 1.91. The van der Waals surface area contributed by atoms with E-state index in [0.29, 0.717) is 10.5 Å². The summed E-state index contributed by atoms with van der Waals surface area (Å²) in [7, 11) is 0. The third kappa shape index (κ3) is 4.66. The normalized spacial score (nSPS) is 12.1. The van der Waals surface area contributed by atoms with Gasteiger partial charge in [-0.25, -0.2) is 14.6 Å². The van der Waals surface area contributed by atoms with Gasteiger partial charge in [0.05, 0.1) is 0 Å². The Balaban J connectivity index is 2.49. The van der Waals surface area contributed by atoms with Crippen LogP contribution in [0.1, 0.15) is 47.4 Å². The molecule has 0 aromatic carbocycles. The first kappa shape index (κ1) is 19.6. The minimum Gasteiger partial charge on any atom is -0.443 e. The monoisotopic (exact) mass is 365 g/mol. The second-order valence-corrected chi connectivity index (χ2v) is 7.50. The molecule has 0 radical (unpaired) electrons. The molecule has 0 atom stereocenters. The summed E-state index contributed by atoms with van der Waals surface area (Å²) in [6, 6.07) is 1.53. The number of aromatic nitrogens is 4. The lowest BCUT2D eigenvalue weighted by atomic mass is 10.2. The van der Waals surface area contributed by atoms with E-state index in [4.69, 9.17) is 9.47 Å². The Kier molecular flexibility index (Phi) is 5.17. The van der Waals surface area contributed by atoms with Gasteiger partial charge in [-0.2, -0.15) is 9.50 Å². The van der Waals surface area contributed by atoms with Gasteiger partial charge < -0.3 is 14.6 Å². The zero-order valence-corrected chi connectivity index (χ0v) is 15.7. The largest absolute Gasteiger partial charge is 0.443 e. The summed E-state index contributed by atoms with van der Waals surface area (Å²) in [6.07, 6.45) is -0.507. The summed E-state index contributed by atoms with van der Waals surface area (Å²) in [5.41, 5.74) is -1.38. The number of nitrogens with zero attached hydrogens (tertiary/aromatic N) is 5. The quantitative estimate of drug-likeness (QED) is 0.861. The molecule has 10 heteroatoms. The average molecular weight is 365 g/mol. The summed E-state index contributed by atoms with van der Waals surface area (Å²) in [6.45, 7) is 9.63.